The number of ether oxygens (including phenoxy) is 3. The third-order valence-electron chi connectivity index (χ3n) is 7.02. The molecule has 0 spiro atoms. The lowest BCUT2D eigenvalue weighted by Crippen LogP contribution is -2.40. The molecule has 2 fully saturated rings. The molecule has 2 aliphatic heterocycles. The minimum absolute atomic E-state index is 0.0352. The summed E-state index contributed by atoms with van der Waals surface area (Å²) < 4.78 is 75.9. The third-order valence-corrected chi connectivity index (χ3v) is 7.02. The molecular weight excluding hydrogens is 448 g/mol. The van der Waals surface area contributed by atoms with E-state index in [2.05, 4.69) is 6.92 Å². The molecule has 0 aromatic heterocycles. The SMILES string of the molecule is CCCC1CCC(C2CCC(c3ccc(-c4ccc(OCC)c(F)c4F)c(F)c3F)CO2)OC1. The van der Waals surface area contributed by atoms with Gasteiger partial charge in [-0.25, -0.2) is 13.2 Å². The van der Waals surface area contributed by atoms with Gasteiger partial charge in [0.25, 0.3) is 0 Å². The van der Waals surface area contributed by atoms with E-state index in [1.54, 1.807) is 6.92 Å². The predicted molar refractivity (Wildman–Crippen MR) is 122 cm³/mol. The molecule has 2 aromatic rings. The first-order valence-corrected chi connectivity index (χ1v) is 12.3. The summed E-state index contributed by atoms with van der Waals surface area (Å²) >= 11 is 0. The zero-order valence-corrected chi connectivity index (χ0v) is 19.7. The largest absolute Gasteiger partial charge is 0.491 e. The van der Waals surface area contributed by atoms with Gasteiger partial charge >= 0.3 is 0 Å². The first kappa shape index (κ1) is 25.0. The maximum Gasteiger partial charge on any atom is 0.201 e. The normalized spacial score (nSPS) is 25.4. The van der Waals surface area contributed by atoms with Gasteiger partial charge < -0.3 is 14.2 Å². The molecule has 7 heteroatoms. The van der Waals surface area contributed by atoms with Crippen LogP contribution in [0, 0.1) is 29.2 Å². The Hall–Kier alpha value is -2.12. The van der Waals surface area contributed by atoms with Gasteiger partial charge in [-0.05, 0) is 62.6 Å². The van der Waals surface area contributed by atoms with E-state index in [-0.39, 0.29) is 53.8 Å². The Kier molecular flexibility index (Phi) is 8.14. The molecule has 2 heterocycles. The summed E-state index contributed by atoms with van der Waals surface area (Å²) in [6.07, 6.45) is 5.78. The van der Waals surface area contributed by atoms with Crippen molar-refractivity contribution in [1.29, 1.82) is 0 Å². The average Bonchev–Trinajstić information content (AvgIpc) is 2.85. The van der Waals surface area contributed by atoms with E-state index < -0.39 is 23.3 Å². The molecule has 2 aliphatic rings. The standard InChI is InChI=1S/C27H32F4O3/c1-3-5-16-6-11-21(33-14-16)22-12-7-17(15-34-22)18-8-9-19(25(29)24(18)28)20-10-13-23(32-4-2)27(31)26(20)30/h8-10,13,16-17,21-22H,3-7,11-12,14-15H2,1-2H3. The maximum absolute atomic E-state index is 15.0. The molecule has 2 aromatic carbocycles. The van der Waals surface area contributed by atoms with Gasteiger partial charge in [0.15, 0.2) is 23.2 Å². The van der Waals surface area contributed by atoms with Crippen molar-refractivity contribution in [3.63, 3.8) is 0 Å². The molecule has 0 N–H and O–H groups in total. The summed E-state index contributed by atoms with van der Waals surface area (Å²) in [5.41, 5.74) is -0.480. The summed E-state index contributed by atoms with van der Waals surface area (Å²) in [7, 11) is 0. The quantitative estimate of drug-likeness (QED) is 0.393. The lowest BCUT2D eigenvalue weighted by atomic mass is 9.86. The lowest BCUT2D eigenvalue weighted by Gasteiger charge is -2.38. The van der Waals surface area contributed by atoms with Gasteiger partial charge in [-0.3, -0.25) is 0 Å². The maximum atomic E-state index is 15.0. The van der Waals surface area contributed by atoms with Gasteiger partial charge in [-0.1, -0.05) is 25.5 Å². The van der Waals surface area contributed by atoms with E-state index in [1.165, 1.54) is 30.7 Å². The van der Waals surface area contributed by atoms with Crippen molar-refractivity contribution >= 4 is 0 Å². The fourth-order valence-electron chi connectivity index (χ4n) is 5.16. The molecule has 0 radical (unpaired) electrons. The van der Waals surface area contributed by atoms with Crippen LogP contribution in [-0.2, 0) is 9.47 Å². The molecule has 0 aliphatic carbocycles. The Morgan fingerprint density at radius 1 is 0.765 bits per heavy atom. The van der Waals surface area contributed by atoms with Crippen LogP contribution >= 0.6 is 0 Å². The number of hydrogen-bond acceptors (Lipinski definition) is 3. The molecular formula is C27H32F4O3. The minimum Gasteiger partial charge on any atom is -0.491 e. The fraction of sp³-hybridized carbons (Fsp3) is 0.556. The molecule has 0 saturated carbocycles. The first-order valence-electron chi connectivity index (χ1n) is 12.3. The fourth-order valence-corrected chi connectivity index (χ4v) is 5.16. The Morgan fingerprint density at radius 3 is 2.00 bits per heavy atom. The molecule has 4 atom stereocenters. The monoisotopic (exact) mass is 480 g/mol. The second-order valence-corrected chi connectivity index (χ2v) is 9.25. The summed E-state index contributed by atoms with van der Waals surface area (Å²) in [4.78, 5) is 0. The predicted octanol–water partition coefficient (Wildman–Crippen LogP) is 7.17. The van der Waals surface area contributed by atoms with E-state index in [0.29, 0.717) is 18.8 Å². The van der Waals surface area contributed by atoms with Crippen molar-refractivity contribution in [2.45, 2.75) is 70.5 Å². The smallest absolute Gasteiger partial charge is 0.201 e. The van der Waals surface area contributed by atoms with Gasteiger partial charge in [-0.15, -0.1) is 0 Å². The summed E-state index contributed by atoms with van der Waals surface area (Å²) in [5.74, 6) is -4.69. The molecule has 186 valence electrons. The molecule has 34 heavy (non-hydrogen) atoms. The zero-order chi connectivity index (χ0) is 24.2. The highest BCUT2D eigenvalue weighted by Crippen LogP contribution is 2.38. The van der Waals surface area contributed by atoms with E-state index in [1.807, 2.05) is 0 Å². The Labute approximate surface area is 198 Å². The van der Waals surface area contributed by atoms with E-state index in [4.69, 9.17) is 14.2 Å². The Morgan fingerprint density at radius 2 is 1.41 bits per heavy atom. The van der Waals surface area contributed by atoms with Crippen LogP contribution in [0.25, 0.3) is 11.1 Å². The van der Waals surface area contributed by atoms with E-state index in [9.17, 15) is 13.2 Å². The van der Waals surface area contributed by atoms with Crippen molar-refractivity contribution in [1.82, 2.24) is 0 Å². The minimum atomic E-state index is -1.27. The highest BCUT2D eigenvalue weighted by Gasteiger charge is 2.34. The van der Waals surface area contributed by atoms with Crippen LogP contribution in [-0.4, -0.2) is 32.0 Å². The van der Waals surface area contributed by atoms with Crippen LogP contribution < -0.4 is 4.74 Å². The van der Waals surface area contributed by atoms with E-state index in [0.717, 1.165) is 25.9 Å². The molecule has 2 saturated heterocycles. The topological polar surface area (TPSA) is 27.7 Å². The lowest BCUT2D eigenvalue weighted by molar-refractivity contribution is -0.124. The van der Waals surface area contributed by atoms with Crippen molar-refractivity contribution in [3.8, 4) is 16.9 Å². The van der Waals surface area contributed by atoms with Crippen LogP contribution in [0.1, 0.15) is 63.9 Å². The van der Waals surface area contributed by atoms with Gasteiger partial charge in [0, 0.05) is 23.7 Å². The van der Waals surface area contributed by atoms with Crippen LogP contribution in [0.2, 0.25) is 0 Å². The number of hydrogen-bond donors (Lipinski definition) is 0. The Balaban J connectivity index is 1.44. The third kappa shape index (κ3) is 5.10. The van der Waals surface area contributed by atoms with Crippen molar-refractivity contribution < 1.29 is 31.8 Å². The molecule has 0 amide bonds. The number of halogens is 4. The highest BCUT2D eigenvalue weighted by molar-refractivity contribution is 5.66. The molecule has 4 unspecified atom stereocenters. The van der Waals surface area contributed by atoms with Crippen molar-refractivity contribution in [3.05, 3.63) is 53.1 Å². The van der Waals surface area contributed by atoms with Gasteiger partial charge in [-0.2, -0.15) is 4.39 Å². The summed E-state index contributed by atoms with van der Waals surface area (Å²) in [5, 5.41) is 0. The summed E-state index contributed by atoms with van der Waals surface area (Å²) in [6.45, 7) is 5.00. The Bertz CT molecular complexity index is 980. The van der Waals surface area contributed by atoms with Gasteiger partial charge in [0.05, 0.1) is 25.4 Å². The zero-order valence-electron chi connectivity index (χ0n) is 19.7. The number of benzene rings is 2. The summed E-state index contributed by atoms with van der Waals surface area (Å²) in [6, 6.07) is 5.17. The van der Waals surface area contributed by atoms with Crippen molar-refractivity contribution in [2.24, 2.45) is 5.92 Å². The van der Waals surface area contributed by atoms with Crippen LogP contribution in [0.3, 0.4) is 0 Å². The molecule has 4 rings (SSSR count). The van der Waals surface area contributed by atoms with Crippen LogP contribution in [0.15, 0.2) is 24.3 Å². The first-order chi connectivity index (χ1) is 16.4. The number of rotatable bonds is 7. The second-order valence-electron chi connectivity index (χ2n) is 9.25. The van der Waals surface area contributed by atoms with Crippen molar-refractivity contribution in [2.75, 3.05) is 19.8 Å². The van der Waals surface area contributed by atoms with Gasteiger partial charge in [0.2, 0.25) is 5.82 Å². The van der Waals surface area contributed by atoms with Crippen LogP contribution in [0.5, 0.6) is 5.75 Å². The van der Waals surface area contributed by atoms with Crippen LogP contribution in [0.4, 0.5) is 17.6 Å². The van der Waals surface area contributed by atoms with Gasteiger partial charge in [0.1, 0.15) is 0 Å². The average molecular weight is 481 g/mol. The highest BCUT2D eigenvalue weighted by atomic mass is 19.2. The molecule has 3 nitrogen and oxygen atoms in total. The second kappa shape index (κ2) is 11.1. The molecule has 0 bridgehead atoms. The van der Waals surface area contributed by atoms with E-state index >= 15 is 4.39 Å².